The lowest BCUT2D eigenvalue weighted by atomic mass is 10.1. The molecule has 146 valence electrons. The number of rotatable bonds is 6. The van der Waals surface area contributed by atoms with Gasteiger partial charge in [0.2, 0.25) is 0 Å². The van der Waals surface area contributed by atoms with E-state index < -0.39 is 10.0 Å². The Kier molecular flexibility index (Phi) is 6.31. The van der Waals surface area contributed by atoms with Crippen molar-refractivity contribution in [3.05, 3.63) is 58.7 Å². The van der Waals surface area contributed by atoms with Gasteiger partial charge in [-0.3, -0.25) is 9.52 Å². The highest BCUT2D eigenvalue weighted by Gasteiger charge is 2.20. The number of hydrogen-bond donors (Lipinski definition) is 2. The zero-order valence-corrected chi connectivity index (χ0v) is 17.6. The summed E-state index contributed by atoms with van der Waals surface area (Å²) in [5, 5.41) is 2.90. The Balaban J connectivity index is 2.35. The summed E-state index contributed by atoms with van der Waals surface area (Å²) < 4.78 is 28.4. The number of sulfonamides is 1. The molecule has 0 bridgehead atoms. The van der Waals surface area contributed by atoms with Gasteiger partial charge in [0, 0.05) is 17.3 Å². The predicted molar refractivity (Wildman–Crippen MR) is 110 cm³/mol. The maximum atomic E-state index is 12.9. The molecule has 1 atom stereocenters. The molecule has 1 amide bonds. The largest absolute Gasteiger partial charge is 0.349 e. The summed E-state index contributed by atoms with van der Waals surface area (Å²) >= 11 is 0. The molecule has 27 heavy (non-hydrogen) atoms. The Morgan fingerprint density at radius 2 is 1.52 bits per heavy atom. The van der Waals surface area contributed by atoms with Crippen molar-refractivity contribution < 1.29 is 13.2 Å². The summed E-state index contributed by atoms with van der Waals surface area (Å²) in [6.45, 7) is 11.5. The van der Waals surface area contributed by atoms with Gasteiger partial charge in [0.05, 0.1) is 4.90 Å². The molecule has 0 aliphatic heterocycles. The molecule has 1 unspecified atom stereocenters. The number of aryl methyl sites for hydroxylation is 3. The minimum atomic E-state index is -3.81. The van der Waals surface area contributed by atoms with Crippen LogP contribution in [0.15, 0.2) is 41.3 Å². The fraction of sp³-hybridized carbons (Fsp3) is 0.381. The molecule has 0 heterocycles. The number of anilines is 1. The first-order valence-corrected chi connectivity index (χ1v) is 10.5. The van der Waals surface area contributed by atoms with Crippen LogP contribution < -0.4 is 10.0 Å². The lowest BCUT2D eigenvalue weighted by Gasteiger charge is -2.18. The van der Waals surface area contributed by atoms with Crippen molar-refractivity contribution in [1.29, 1.82) is 0 Å². The molecular formula is C21H28N2O3S. The Labute approximate surface area is 162 Å². The number of amides is 1. The fourth-order valence-corrected chi connectivity index (χ4v) is 4.04. The van der Waals surface area contributed by atoms with Gasteiger partial charge in [0.1, 0.15) is 0 Å². The number of hydrogen-bond acceptors (Lipinski definition) is 3. The van der Waals surface area contributed by atoms with Gasteiger partial charge in [0.25, 0.3) is 15.9 Å². The highest BCUT2D eigenvalue weighted by atomic mass is 32.2. The van der Waals surface area contributed by atoms with E-state index in [0.717, 1.165) is 11.1 Å². The molecule has 0 aromatic heterocycles. The smallest absolute Gasteiger partial charge is 0.262 e. The van der Waals surface area contributed by atoms with E-state index in [4.69, 9.17) is 0 Å². The van der Waals surface area contributed by atoms with Gasteiger partial charge in [-0.1, -0.05) is 26.0 Å². The van der Waals surface area contributed by atoms with Gasteiger partial charge >= 0.3 is 0 Å². The lowest BCUT2D eigenvalue weighted by molar-refractivity contribution is 0.0930. The average Bonchev–Trinajstić information content (AvgIpc) is 2.53. The monoisotopic (exact) mass is 388 g/mol. The third-order valence-corrected chi connectivity index (χ3v) is 6.10. The summed E-state index contributed by atoms with van der Waals surface area (Å²) in [4.78, 5) is 12.6. The normalized spacial score (nSPS) is 12.7. The van der Waals surface area contributed by atoms with Crippen LogP contribution in [0.3, 0.4) is 0 Å². The van der Waals surface area contributed by atoms with Crippen LogP contribution in [0.5, 0.6) is 0 Å². The molecular weight excluding hydrogens is 360 g/mol. The zero-order valence-electron chi connectivity index (χ0n) is 16.8. The van der Waals surface area contributed by atoms with Crippen LogP contribution in [-0.2, 0) is 10.0 Å². The topological polar surface area (TPSA) is 75.3 Å². The summed E-state index contributed by atoms with van der Waals surface area (Å²) in [5.74, 6) is 0.00729. The molecule has 0 aliphatic rings. The van der Waals surface area contributed by atoms with E-state index in [1.165, 1.54) is 6.07 Å². The van der Waals surface area contributed by atoms with Crippen molar-refractivity contribution in [1.82, 2.24) is 5.32 Å². The van der Waals surface area contributed by atoms with Crippen LogP contribution in [0.25, 0.3) is 0 Å². The number of carbonyl (C=O) groups excluding carboxylic acids is 1. The molecule has 6 heteroatoms. The van der Waals surface area contributed by atoms with E-state index in [-0.39, 0.29) is 22.8 Å². The SMILES string of the molecule is Cc1cc(C)cc(NS(=O)(=O)c2cc(C(=O)NC(C)C(C)C)ccc2C)c1. The van der Waals surface area contributed by atoms with Crippen LogP contribution in [0, 0.1) is 26.7 Å². The van der Waals surface area contributed by atoms with Crippen LogP contribution in [-0.4, -0.2) is 20.4 Å². The fourth-order valence-electron chi connectivity index (χ4n) is 2.73. The van der Waals surface area contributed by atoms with Crippen molar-refractivity contribution in [3.63, 3.8) is 0 Å². The summed E-state index contributed by atoms with van der Waals surface area (Å²) in [7, 11) is -3.81. The summed E-state index contributed by atoms with van der Waals surface area (Å²) in [6, 6.07) is 10.3. The predicted octanol–water partition coefficient (Wildman–Crippen LogP) is 4.19. The molecule has 2 aromatic rings. The first-order chi connectivity index (χ1) is 12.5. The molecule has 5 nitrogen and oxygen atoms in total. The van der Waals surface area contributed by atoms with E-state index in [2.05, 4.69) is 10.0 Å². The maximum Gasteiger partial charge on any atom is 0.262 e. The van der Waals surface area contributed by atoms with E-state index >= 15 is 0 Å². The van der Waals surface area contributed by atoms with Crippen LogP contribution in [0.2, 0.25) is 0 Å². The standard InChI is InChI=1S/C21H28N2O3S/c1-13(2)17(6)22-21(24)18-8-7-16(5)20(12-18)27(25,26)23-19-10-14(3)9-15(4)11-19/h7-13,17,23H,1-6H3,(H,22,24). The quantitative estimate of drug-likeness (QED) is 0.779. The third-order valence-electron chi connectivity index (χ3n) is 4.57. The van der Waals surface area contributed by atoms with Gasteiger partial charge < -0.3 is 5.32 Å². The number of carbonyl (C=O) groups is 1. The highest BCUT2D eigenvalue weighted by molar-refractivity contribution is 7.92. The minimum Gasteiger partial charge on any atom is -0.349 e. The van der Waals surface area contributed by atoms with Crippen molar-refractivity contribution in [2.45, 2.75) is 52.5 Å². The molecule has 0 saturated carbocycles. The minimum absolute atomic E-state index is 0.00717. The van der Waals surface area contributed by atoms with Crippen molar-refractivity contribution in [2.24, 2.45) is 5.92 Å². The molecule has 0 aliphatic carbocycles. The van der Waals surface area contributed by atoms with Crippen LogP contribution in [0.1, 0.15) is 47.8 Å². The molecule has 0 spiro atoms. The lowest BCUT2D eigenvalue weighted by Crippen LogP contribution is -2.36. The van der Waals surface area contributed by atoms with Crippen molar-refractivity contribution in [3.8, 4) is 0 Å². The second-order valence-electron chi connectivity index (χ2n) is 7.47. The number of nitrogens with one attached hydrogen (secondary N) is 2. The maximum absolute atomic E-state index is 12.9. The van der Waals surface area contributed by atoms with Gasteiger partial charge in [-0.2, -0.15) is 0 Å². The molecule has 0 fully saturated rings. The molecule has 2 N–H and O–H groups in total. The first kappa shape index (κ1) is 21.0. The Morgan fingerprint density at radius 3 is 2.07 bits per heavy atom. The summed E-state index contributed by atoms with van der Waals surface area (Å²) in [5.41, 5.74) is 3.37. The second-order valence-corrected chi connectivity index (χ2v) is 9.12. The van der Waals surface area contributed by atoms with Gasteiger partial charge in [-0.05, 0) is 74.6 Å². The average molecular weight is 389 g/mol. The van der Waals surface area contributed by atoms with E-state index in [1.807, 2.05) is 40.7 Å². The number of benzene rings is 2. The Hall–Kier alpha value is -2.34. The van der Waals surface area contributed by atoms with Gasteiger partial charge in [-0.25, -0.2) is 8.42 Å². The second kappa shape index (κ2) is 8.13. The van der Waals surface area contributed by atoms with Crippen LogP contribution >= 0.6 is 0 Å². The van der Waals surface area contributed by atoms with E-state index in [1.54, 1.807) is 31.2 Å². The first-order valence-electron chi connectivity index (χ1n) is 9.02. The van der Waals surface area contributed by atoms with Gasteiger partial charge in [0.15, 0.2) is 0 Å². The van der Waals surface area contributed by atoms with Gasteiger partial charge in [-0.15, -0.1) is 0 Å². The Bertz CT molecular complexity index is 930. The van der Waals surface area contributed by atoms with Crippen molar-refractivity contribution >= 4 is 21.6 Å². The molecule has 0 saturated heterocycles. The van der Waals surface area contributed by atoms with E-state index in [0.29, 0.717) is 16.8 Å². The van der Waals surface area contributed by atoms with Crippen molar-refractivity contribution in [2.75, 3.05) is 4.72 Å². The van der Waals surface area contributed by atoms with E-state index in [9.17, 15) is 13.2 Å². The Morgan fingerprint density at radius 1 is 0.926 bits per heavy atom. The summed E-state index contributed by atoms with van der Waals surface area (Å²) in [6.07, 6.45) is 0. The third kappa shape index (κ3) is 5.32. The highest BCUT2D eigenvalue weighted by Crippen LogP contribution is 2.22. The zero-order chi connectivity index (χ0) is 20.4. The molecule has 0 radical (unpaired) electrons. The molecule has 2 rings (SSSR count). The van der Waals surface area contributed by atoms with Crippen LogP contribution in [0.4, 0.5) is 5.69 Å². The molecule has 2 aromatic carbocycles.